The van der Waals surface area contributed by atoms with Crippen LogP contribution in [0.3, 0.4) is 0 Å². The van der Waals surface area contributed by atoms with E-state index in [0.29, 0.717) is 17.7 Å². The van der Waals surface area contributed by atoms with Crippen LogP contribution >= 0.6 is 0 Å². The predicted octanol–water partition coefficient (Wildman–Crippen LogP) is 5.76. The summed E-state index contributed by atoms with van der Waals surface area (Å²) in [6.45, 7) is 9.34. The molecular formula is C22H30F2N2. The van der Waals surface area contributed by atoms with Crippen molar-refractivity contribution < 1.29 is 8.78 Å². The van der Waals surface area contributed by atoms with Gasteiger partial charge in [-0.25, -0.2) is 8.78 Å². The zero-order valence-electron chi connectivity index (χ0n) is 16.4. The molecule has 1 aromatic carbocycles. The second-order valence-electron chi connectivity index (χ2n) is 6.35. The first-order chi connectivity index (χ1) is 12.3. The van der Waals surface area contributed by atoms with Gasteiger partial charge in [-0.05, 0) is 75.6 Å². The molecule has 1 unspecified atom stereocenters. The smallest absolute Gasteiger partial charge is 0.135 e. The van der Waals surface area contributed by atoms with Crippen LogP contribution in [-0.4, -0.2) is 6.04 Å². The Labute approximate surface area is 156 Å². The van der Waals surface area contributed by atoms with Crippen LogP contribution in [0.1, 0.15) is 51.7 Å². The number of hydrogen-bond donors (Lipinski definition) is 2. The van der Waals surface area contributed by atoms with Crippen LogP contribution in [0, 0.1) is 18.6 Å². The Bertz CT molecular complexity index is 703. The van der Waals surface area contributed by atoms with Crippen LogP contribution in [0.5, 0.6) is 0 Å². The topological polar surface area (TPSA) is 38.0 Å². The molecule has 0 radical (unpaired) electrons. The van der Waals surface area contributed by atoms with Crippen LogP contribution in [-0.2, 0) is 0 Å². The number of nitrogens with two attached hydrogens (primary N) is 1. The van der Waals surface area contributed by atoms with E-state index >= 15 is 0 Å². The summed E-state index contributed by atoms with van der Waals surface area (Å²) in [6, 6.07) is 2.53. The highest BCUT2D eigenvalue weighted by atomic mass is 19.1. The number of allylic oxidation sites excluding steroid dienone is 5. The lowest BCUT2D eigenvalue weighted by Gasteiger charge is -2.20. The van der Waals surface area contributed by atoms with Gasteiger partial charge in [0.25, 0.3) is 0 Å². The molecule has 0 aliphatic heterocycles. The third-order valence-corrected chi connectivity index (χ3v) is 3.78. The average Bonchev–Trinajstić information content (AvgIpc) is 2.54. The van der Waals surface area contributed by atoms with Crippen molar-refractivity contribution in [2.24, 2.45) is 5.73 Å². The molecule has 0 amide bonds. The van der Waals surface area contributed by atoms with E-state index in [1.54, 1.807) is 19.2 Å². The first-order valence-corrected chi connectivity index (χ1v) is 9.01. The maximum atomic E-state index is 14.7. The molecule has 0 fully saturated rings. The second-order valence-corrected chi connectivity index (χ2v) is 6.35. The van der Waals surface area contributed by atoms with Gasteiger partial charge in [0.2, 0.25) is 0 Å². The van der Waals surface area contributed by atoms with Gasteiger partial charge in [-0.3, -0.25) is 0 Å². The lowest BCUT2D eigenvalue weighted by atomic mass is 9.92. The zero-order valence-corrected chi connectivity index (χ0v) is 16.4. The van der Waals surface area contributed by atoms with E-state index in [0.717, 1.165) is 17.6 Å². The molecule has 2 nitrogen and oxygen atoms in total. The summed E-state index contributed by atoms with van der Waals surface area (Å²) in [7, 11) is 0. The highest BCUT2D eigenvalue weighted by Gasteiger charge is 2.20. The lowest BCUT2D eigenvalue weighted by molar-refractivity contribution is 0.572. The average molecular weight is 360 g/mol. The van der Waals surface area contributed by atoms with Gasteiger partial charge in [0.1, 0.15) is 11.6 Å². The van der Waals surface area contributed by atoms with Crippen molar-refractivity contribution in [3.8, 4) is 0 Å². The fraction of sp³-hybridized carbons (Fsp3) is 0.364. The molecule has 3 N–H and O–H groups in total. The van der Waals surface area contributed by atoms with Gasteiger partial charge in [-0.2, -0.15) is 0 Å². The van der Waals surface area contributed by atoms with E-state index in [-0.39, 0.29) is 11.6 Å². The van der Waals surface area contributed by atoms with Crippen molar-refractivity contribution in [3.05, 3.63) is 76.5 Å². The molecule has 1 atom stereocenters. The number of hydrogen-bond acceptors (Lipinski definition) is 2. The fourth-order valence-corrected chi connectivity index (χ4v) is 2.79. The summed E-state index contributed by atoms with van der Waals surface area (Å²) in [5.41, 5.74) is 8.65. The van der Waals surface area contributed by atoms with E-state index in [9.17, 15) is 8.78 Å². The fourth-order valence-electron chi connectivity index (χ4n) is 2.79. The van der Waals surface area contributed by atoms with E-state index in [1.165, 1.54) is 12.1 Å². The highest BCUT2D eigenvalue weighted by Crippen LogP contribution is 2.30. The molecule has 0 saturated carbocycles. The van der Waals surface area contributed by atoms with Gasteiger partial charge >= 0.3 is 0 Å². The van der Waals surface area contributed by atoms with Crippen LogP contribution < -0.4 is 11.1 Å². The Morgan fingerprint density at radius 2 is 1.81 bits per heavy atom. The molecule has 142 valence electrons. The maximum Gasteiger partial charge on any atom is 0.135 e. The van der Waals surface area contributed by atoms with Crippen LogP contribution in [0.25, 0.3) is 5.70 Å². The zero-order chi connectivity index (χ0) is 19.7. The molecule has 1 rings (SSSR count). The summed E-state index contributed by atoms with van der Waals surface area (Å²) in [5, 5.41) is 3.08. The molecule has 0 aliphatic rings. The molecule has 0 spiro atoms. The van der Waals surface area contributed by atoms with Gasteiger partial charge < -0.3 is 11.1 Å². The minimum atomic E-state index is -0.590. The number of aryl methyl sites for hydroxylation is 1. The monoisotopic (exact) mass is 360 g/mol. The predicted molar refractivity (Wildman–Crippen MR) is 107 cm³/mol. The summed E-state index contributed by atoms with van der Waals surface area (Å²) in [4.78, 5) is 0. The minimum absolute atomic E-state index is 0.0594. The van der Waals surface area contributed by atoms with E-state index in [2.05, 4.69) is 5.32 Å². The van der Waals surface area contributed by atoms with Crippen LogP contribution in [0.15, 0.2) is 53.8 Å². The maximum absolute atomic E-state index is 14.7. The summed E-state index contributed by atoms with van der Waals surface area (Å²) < 4.78 is 29.4. The van der Waals surface area contributed by atoms with Crippen molar-refractivity contribution in [2.45, 2.75) is 53.5 Å². The van der Waals surface area contributed by atoms with Crippen molar-refractivity contribution >= 4 is 5.70 Å². The SMILES string of the molecule is C\C=C/C(=C\CC)C(/CC(C)N)=C(/N/C=C/C)c1c(F)cc(C)cc1F. The lowest BCUT2D eigenvalue weighted by Crippen LogP contribution is -2.20. The molecule has 26 heavy (non-hydrogen) atoms. The van der Waals surface area contributed by atoms with Crippen molar-refractivity contribution in [1.29, 1.82) is 0 Å². The first kappa shape index (κ1) is 21.8. The largest absolute Gasteiger partial charge is 0.361 e. The summed E-state index contributed by atoms with van der Waals surface area (Å²) in [5.74, 6) is -1.18. The van der Waals surface area contributed by atoms with Gasteiger partial charge in [-0.1, -0.05) is 31.2 Å². The molecule has 0 saturated heterocycles. The molecular weight excluding hydrogens is 330 g/mol. The van der Waals surface area contributed by atoms with Gasteiger partial charge in [0.05, 0.1) is 11.3 Å². The van der Waals surface area contributed by atoms with Gasteiger partial charge in [0, 0.05) is 6.04 Å². The van der Waals surface area contributed by atoms with Gasteiger partial charge in [0.15, 0.2) is 0 Å². The Kier molecular flexibility index (Phi) is 9.00. The van der Waals surface area contributed by atoms with Gasteiger partial charge in [-0.15, -0.1) is 0 Å². The van der Waals surface area contributed by atoms with Crippen LogP contribution in [0.2, 0.25) is 0 Å². The van der Waals surface area contributed by atoms with Crippen molar-refractivity contribution in [1.82, 2.24) is 5.32 Å². The normalized spacial score (nSPS) is 14.8. The Hall–Kier alpha value is -2.20. The minimum Gasteiger partial charge on any atom is -0.361 e. The molecule has 0 bridgehead atoms. The second kappa shape index (κ2) is 10.7. The molecule has 0 aliphatic carbocycles. The van der Waals surface area contributed by atoms with E-state index in [4.69, 9.17) is 5.73 Å². The van der Waals surface area contributed by atoms with Crippen molar-refractivity contribution in [2.75, 3.05) is 0 Å². The molecule has 4 heteroatoms. The Morgan fingerprint density at radius 1 is 1.19 bits per heavy atom. The molecule has 0 heterocycles. The molecule has 1 aromatic rings. The van der Waals surface area contributed by atoms with E-state index < -0.39 is 11.6 Å². The third kappa shape index (κ3) is 5.95. The Balaban J connectivity index is 3.83. The van der Waals surface area contributed by atoms with Crippen molar-refractivity contribution in [3.63, 3.8) is 0 Å². The quantitative estimate of drug-likeness (QED) is 0.579. The standard InChI is InChI=1S/C22H30F2N2/c1-6-9-17(10-7-2)18(14-16(5)25)22(26-11-8-3)21-19(23)12-15(4)13-20(21)24/h6,8-13,16,26H,7,14,25H2,1-5H3/b9-6-,11-8+,17-10+,22-18+. The number of benzene rings is 1. The Morgan fingerprint density at radius 3 is 2.27 bits per heavy atom. The number of halogens is 2. The number of nitrogens with one attached hydrogen (secondary N) is 1. The highest BCUT2D eigenvalue weighted by molar-refractivity contribution is 5.74. The van der Waals surface area contributed by atoms with E-state index in [1.807, 2.05) is 45.9 Å². The molecule has 0 aromatic heterocycles. The summed E-state index contributed by atoms with van der Waals surface area (Å²) >= 11 is 0. The summed E-state index contributed by atoms with van der Waals surface area (Å²) in [6.07, 6.45) is 10.7. The van der Waals surface area contributed by atoms with Crippen LogP contribution in [0.4, 0.5) is 8.78 Å². The first-order valence-electron chi connectivity index (χ1n) is 9.01. The number of rotatable bonds is 8. The third-order valence-electron chi connectivity index (χ3n) is 3.78.